The third kappa shape index (κ3) is 4.86. The van der Waals surface area contributed by atoms with Gasteiger partial charge in [0.2, 0.25) is 0 Å². The Kier molecular flexibility index (Phi) is 5.63. The molecule has 16 heavy (non-hydrogen) atoms. The van der Waals surface area contributed by atoms with Gasteiger partial charge in [-0.25, -0.2) is 0 Å². The van der Waals surface area contributed by atoms with E-state index >= 15 is 0 Å². The average Bonchev–Trinajstić information content (AvgIpc) is 2.24. The molecule has 0 spiro atoms. The van der Waals surface area contributed by atoms with Gasteiger partial charge in [-0.2, -0.15) is 0 Å². The van der Waals surface area contributed by atoms with Crippen LogP contribution in [-0.4, -0.2) is 10.2 Å². The van der Waals surface area contributed by atoms with Gasteiger partial charge >= 0.3 is 0 Å². The maximum Gasteiger partial charge on any atom is 0.186 e. The number of carbonyl (C=O) groups excluding carboxylic acids is 2. The Bertz CT molecular complexity index is 351. The van der Waals surface area contributed by atoms with Crippen LogP contribution in [0.2, 0.25) is 0 Å². The molecule has 1 aromatic rings. The van der Waals surface area contributed by atoms with Gasteiger partial charge in [-0.3, -0.25) is 9.59 Å². The molecule has 0 aliphatic carbocycles. The zero-order valence-corrected chi connectivity index (χ0v) is 11.0. The lowest BCUT2D eigenvalue weighted by Crippen LogP contribution is -1.93. The Hall–Kier alpha value is -0.740. The highest BCUT2D eigenvalue weighted by atomic mass is 32.2. The molecule has 0 aliphatic rings. The van der Waals surface area contributed by atoms with Crippen LogP contribution in [0, 0.1) is 0 Å². The predicted octanol–water partition coefficient (Wildman–Crippen LogP) is 3.25. The van der Waals surface area contributed by atoms with Crippen LogP contribution in [-0.2, 0) is 21.1 Å². The van der Waals surface area contributed by atoms with Gasteiger partial charge in [0.05, 0.1) is 0 Å². The molecule has 0 unspecified atom stereocenters. The van der Waals surface area contributed by atoms with E-state index in [0.29, 0.717) is 11.5 Å². The van der Waals surface area contributed by atoms with E-state index < -0.39 is 0 Å². The maximum absolute atomic E-state index is 10.9. The number of benzene rings is 1. The number of hydrogen-bond donors (Lipinski definition) is 0. The molecule has 1 aromatic carbocycles. The van der Waals surface area contributed by atoms with Crippen molar-refractivity contribution in [2.45, 2.75) is 25.4 Å². The van der Waals surface area contributed by atoms with Crippen LogP contribution >= 0.6 is 23.5 Å². The first-order chi connectivity index (χ1) is 7.59. The second kappa shape index (κ2) is 6.76. The molecule has 0 fully saturated rings. The van der Waals surface area contributed by atoms with E-state index in [2.05, 4.69) is 0 Å². The van der Waals surface area contributed by atoms with Crippen LogP contribution in [0.3, 0.4) is 0 Å². The molecule has 2 nitrogen and oxygen atoms in total. The summed E-state index contributed by atoms with van der Waals surface area (Å²) in [6.45, 7) is 3.13. The molecular weight excluding hydrogens is 240 g/mol. The van der Waals surface area contributed by atoms with Crippen molar-refractivity contribution in [3.63, 3.8) is 0 Å². The summed E-state index contributed by atoms with van der Waals surface area (Å²) in [5.41, 5.74) is 2.27. The van der Waals surface area contributed by atoms with Gasteiger partial charge in [0.15, 0.2) is 10.2 Å². The molecule has 86 valence electrons. The van der Waals surface area contributed by atoms with Crippen LogP contribution in [0.1, 0.15) is 25.0 Å². The topological polar surface area (TPSA) is 34.1 Å². The summed E-state index contributed by atoms with van der Waals surface area (Å²) < 4.78 is 0. The largest absolute Gasteiger partial charge is 0.288 e. The number of carbonyl (C=O) groups is 2. The third-order valence-corrected chi connectivity index (χ3v) is 3.70. The highest BCUT2D eigenvalue weighted by Crippen LogP contribution is 2.21. The fourth-order valence-corrected chi connectivity index (χ4v) is 2.48. The SMILES string of the molecule is CC(=O)SCc1ccccc1CSC(C)=O. The summed E-state index contributed by atoms with van der Waals surface area (Å²) in [5.74, 6) is 1.37. The Morgan fingerprint density at radius 3 is 1.62 bits per heavy atom. The number of rotatable bonds is 4. The summed E-state index contributed by atoms with van der Waals surface area (Å²) in [5, 5.41) is 0.239. The molecule has 0 radical (unpaired) electrons. The van der Waals surface area contributed by atoms with Gasteiger partial charge in [0.1, 0.15) is 0 Å². The van der Waals surface area contributed by atoms with Crippen molar-refractivity contribution in [1.29, 1.82) is 0 Å². The summed E-state index contributed by atoms with van der Waals surface area (Å²) in [4.78, 5) is 21.8. The second-order valence-corrected chi connectivity index (χ2v) is 5.63. The summed E-state index contributed by atoms with van der Waals surface area (Å²) >= 11 is 2.60. The third-order valence-electron chi connectivity index (χ3n) is 1.98. The molecule has 0 saturated carbocycles. The Morgan fingerprint density at radius 1 is 0.938 bits per heavy atom. The van der Waals surface area contributed by atoms with Crippen LogP contribution in [0.25, 0.3) is 0 Å². The minimum Gasteiger partial charge on any atom is -0.288 e. The second-order valence-electron chi connectivity index (χ2n) is 3.33. The summed E-state index contributed by atoms with van der Waals surface area (Å²) in [7, 11) is 0. The van der Waals surface area contributed by atoms with Gasteiger partial charge in [0, 0.05) is 25.4 Å². The standard InChI is InChI=1S/C12H14O2S2/c1-9(13)15-7-11-5-3-4-6-12(11)8-16-10(2)14/h3-6H,7-8H2,1-2H3. The van der Waals surface area contributed by atoms with Gasteiger partial charge in [-0.05, 0) is 11.1 Å². The molecule has 0 heterocycles. The van der Waals surface area contributed by atoms with E-state index in [-0.39, 0.29) is 10.2 Å². The van der Waals surface area contributed by atoms with E-state index in [1.807, 2.05) is 24.3 Å². The lowest BCUT2D eigenvalue weighted by molar-refractivity contribution is -0.109. The Morgan fingerprint density at radius 2 is 1.31 bits per heavy atom. The van der Waals surface area contributed by atoms with E-state index in [4.69, 9.17) is 0 Å². The molecule has 0 bridgehead atoms. The number of thioether (sulfide) groups is 2. The normalized spacial score (nSPS) is 10.1. The fourth-order valence-electron chi connectivity index (χ4n) is 1.20. The molecule has 0 aromatic heterocycles. The van der Waals surface area contributed by atoms with Gasteiger partial charge < -0.3 is 0 Å². The smallest absolute Gasteiger partial charge is 0.186 e. The first-order valence-corrected chi connectivity index (χ1v) is 6.90. The molecule has 0 atom stereocenters. The summed E-state index contributed by atoms with van der Waals surface area (Å²) in [6, 6.07) is 7.92. The average molecular weight is 254 g/mol. The van der Waals surface area contributed by atoms with Gasteiger partial charge in [-0.1, -0.05) is 47.8 Å². The fraction of sp³-hybridized carbons (Fsp3) is 0.333. The van der Waals surface area contributed by atoms with Gasteiger partial charge in [0.25, 0.3) is 0 Å². The highest BCUT2D eigenvalue weighted by molar-refractivity contribution is 8.13. The zero-order chi connectivity index (χ0) is 12.0. The quantitative estimate of drug-likeness (QED) is 0.826. The first kappa shape index (κ1) is 13.3. The summed E-state index contributed by atoms with van der Waals surface area (Å²) in [6.07, 6.45) is 0. The van der Waals surface area contributed by atoms with Crippen LogP contribution in [0.15, 0.2) is 24.3 Å². The minimum absolute atomic E-state index is 0.119. The van der Waals surface area contributed by atoms with Crippen molar-refractivity contribution in [1.82, 2.24) is 0 Å². The molecule has 0 saturated heterocycles. The van der Waals surface area contributed by atoms with Crippen molar-refractivity contribution in [2.75, 3.05) is 0 Å². The van der Waals surface area contributed by atoms with E-state index in [1.165, 1.54) is 23.5 Å². The Balaban J connectivity index is 2.67. The Labute approximate surface area is 104 Å². The molecular formula is C12H14O2S2. The van der Waals surface area contributed by atoms with Gasteiger partial charge in [-0.15, -0.1) is 0 Å². The molecule has 1 rings (SSSR count). The molecule has 0 amide bonds. The minimum atomic E-state index is 0.119. The van der Waals surface area contributed by atoms with Crippen molar-refractivity contribution < 1.29 is 9.59 Å². The van der Waals surface area contributed by atoms with Crippen molar-refractivity contribution in [2.24, 2.45) is 0 Å². The predicted molar refractivity (Wildman–Crippen MR) is 70.4 cm³/mol. The van der Waals surface area contributed by atoms with E-state index in [0.717, 1.165) is 11.1 Å². The van der Waals surface area contributed by atoms with E-state index in [1.54, 1.807) is 13.8 Å². The van der Waals surface area contributed by atoms with Crippen molar-refractivity contribution in [3.8, 4) is 0 Å². The van der Waals surface area contributed by atoms with Crippen LogP contribution < -0.4 is 0 Å². The zero-order valence-electron chi connectivity index (χ0n) is 9.36. The van der Waals surface area contributed by atoms with Crippen LogP contribution in [0.5, 0.6) is 0 Å². The lowest BCUT2D eigenvalue weighted by Gasteiger charge is -2.06. The van der Waals surface area contributed by atoms with Crippen molar-refractivity contribution >= 4 is 33.8 Å². The highest BCUT2D eigenvalue weighted by Gasteiger charge is 2.05. The van der Waals surface area contributed by atoms with E-state index in [9.17, 15) is 9.59 Å². The number of hydrogen-bond acceptors (Lipinski definition) is 4. The molecule has 0 N–H and O–H groups in total. The monoisotopic (exact) mass is 254 g/mol. The molecule has 0 aliphatic heterocycles. The first-order valence-electron chi connectivity index (χ1n) is 4.93. The lowest BCUT2D eigenvalue weighted by atomic mass is 10.1. The van der Waals surface area contributed by atoms with Crippen LogP contribution in [0.4, 0.5) is 0 Å². The molecule has 4 heteroatoms. The van der Waals surface area contributed by atoms with Crippen molar-refractivity contribution in [3.05, 3.63) is 35.4 Å². The maximum atomic E-state index is 10.9.